The Morgan fingerprint density at radius 2 is 1.90 bits per heavy atom. The predicted octanol–water partition coefficient (Wildman–Crippen LogP) is 3.75. The molecule has 1 saturated heterocycles. The minimum atomic E-state index is -3.52. The second kappa shape index (κ2) is 8.23. The van der Waals surface area contributed by atoms with Crippen molar-refractivity contribution in [2.45, 2.75) is 52.4 Å². The maximum Gasteiger partial charge on any atom is 0.240 e. The number of amides is 1. The van der Waals surface area contributed by atoms with E-state index < -0.39 is 10.0 Å². The van der Waals surface area contributed by atoms with Gasteiger partial charge in [-0.3, -0.25) is 4.79 Å². The predicted molar refractivity (Wildman–Crippen MR) is 116 cm³/mol. The van der Waals surface area contributed by atoms with E-state index in [4.69, 9.17) is 0 Å². The third-order valence-electron chi connectivity index (χ3n) is 6.41. The lowest BCUT2D eigenvalue weighted by atomic mass is 9.97. The van der Waals surface area contributed by atoms with Crippen LogP contribution in [0.25, 0.3) is 0 Å². The van der Waals surface area contributed by atoms with Crippen LogP contribution in [0.3, 0.4) is 0 Å². The number of nitrogens with one attached hydrogen (secondary N) is 1. The molecule has 2 fully saturated rings. The van der Waals surface area contributed by atoms with Gasteiger partial charge in [-0.1, -0.05) is 43.2 Å². The van der Waals surface area contributed by atoms with Gasteiger partial charge in [0.25, 0.3) is 0 Å². The van der Waals surface area contributed by atoms with E-state index in [1.54, 1.807) is 24.3 Å². The molecule has 0 bridgehead atoms. The van der Waals surface area contributed by atoms with Crippen molar-refractivity contribution in [3.63, 3.8) is 0 Å². The Balaban J connectivity index is 1.59. The molecule has 6 heteroatoms. The zero-order chi connectivity index (χ0) is 21.4. The average Bonchev–Trinajstić information content (AvgIpc) is 3.19. The van der Waals surface area contributed by atoms with Crippen molar-refractivity contribution in [1.82, 2.24) is 9.62 Å². The van der Waals surface area contributed by atoms with Gasteiger partial charge in [-0.05, 0) is 63.0 Å². The maximum absolute atomic E-state index is 13.1. The number of likely N-dealkylation sites (tertiary alicyclic amines) is 1. The summed E-state index contributed by atoms with van der Waals surface area (Å²) in [5.41, 5.74) is 2.29. The third-order valence-corrected chi connectivity index (χ3v) is 7.85. The molecule has 3 rings (SSSR count). The van der Waals surface area contributed by atoms with E-state index >= 15 is 0 Å². The van der Waals surface area contributed by atoms with Crippen molar-refractivity contribution in [2.75, 3.05) is 19.6 Å². The number of aryl methyl sites for hydroxylation is 1. The molecule has 3 unspecified atom stereocenters. The molecule has 160 valence electrons. The first kappa shape index (κ1) is 22.0. The van der Waals surface area contributed by atoms with Crippen LogP contribution in [-0.4, -0.2) is 38.9 Å². The van der Waals surface area contributed by atoms with Gasteiger partial charge in [0.1, 0.15) is 0 Å². The van der Waals surface area contributed by atoms with Gasteiger partial charge in [0.2, 0.25) is 15.9 Å². The number of hydrogen-bond acceptors (Lipinski definition) is 3. The summed E-state index contributed by atoms with van der Waals surface area (Å²) in [4.78, 5) is 15.4. The van der Waals surface area contributed by atoms with Crippen LogP contribution >= 0.6 is 0 Å². The van der Waals surface area contributed by atoms with Crippen LogP contribution in [0.5, 0.6) is 0 Å². The van der Waals surface area contributed by atoms with Gasteiger partial charge < -0.3 is 4.90 Å². The first-order chi connectivity index (χ1) is 13.5. The molecule has 2 aliphatic rings. The van der Waals surface area contributed by atoms with Crippen LogP contribution in [0.4, 0.5) is 0 Å². The largest absolute Gasteiger partial charge is 0.342 e. The first-order valence-electron chi connectivity index (χ1n) is 10.5. The lowest BCUT2D eigenvalue weighted by molar-refractivity contribution is -0.135. The fourth-order valence-corrected chi connectivity index (χ4v) is 5.59. The molecule has 0 spiro atoms. The third kappa shape index (κ3) is 4.92. The van der Waals surface area contributed by atoms with Crippen molar-refractivity contribution in [3.8, 4) is 0 Å². The number of rotatable bonds is 6. The van der Waals surface area contributed by atoms with E-state index in [-0.39, 0.29) is 28.1 Å². The Bertz CT molecular complexity index is 883. The second-order valence-electron chi connectivity index (χ2n) is 9.53. The highest BCUT2D eigenvalue weighted by atomic mass is 32.2. The molecule has 29 heavy (non-hydrogen) atoms. The van der Waals surface area contributed by atoms with Crippen molar-refractivity contribution in [1.29, 1.82) is 0 Å². The van der Waals surface area contributed by atoms with E-state index in [9.17, 15) is 13.2 Å². The Morgan fingerprint density at radius 3 is 2.52 bits per heavy atom. The molecule has 1 aliphatic carbocycles. The van der Waals surface area contributed by atoms with Crippen LogP contribution in [0, 0.1) is 30.1 Å². The highest BCUT2D eigenvalue weighted by molar-refractivity contribution is 7.89. The van der Waals surface area contributed by atoms with E-state index in [1.807, 2.05) is 11.8 Å². The van der Waals surface area contributed by atoms with Gasteiger partial charge in [0.05, 0.1) is 10.8 Å². The van der Waals surface area contributed by atoms with E-state index in [2.05, 4.69) is 38.5 Å². The van der Waals surface area contributed by atoms with Crippen molar-refractivity contribution >= 4 is 15.9 Å². The smallest absolute Gasteiger partial charge is 0.240 e. The lowest BCUT2D eigenvalue weighted by Gasteiger charge is -2.33. The number of nitrogens with zero attached hydrogens (tertiary/aromatic N) is 1. The zero-order valence-electron chi connectivity index (χ0n) is 18.2. The Labute approximate surface area is 175 Å². The topological polar surface area (TPSA) is 66.5 Å². The first-order valence-corrected chi connectivity index (χ1v) is 12.0. The molecule has 1 amide bonds. The summed E-state index contributed by atoms with van der Waals surface area (Å²) in [6, 6.07) is 6.87. The van der Waals surface area contributed by atoms with Crippen LogP contribution < -0.4 is 4.72 Å². The average molecular weight is 419 g/mol. The quantitative estimate of drug-likeness (QED) is 0.716. The van der Waals surface area contributed by atoms with E-state index in [0.29, 0.717) is 19.0 Å². The molecule has 3 atom stereocenters. The fraction of sp³-hybridized carbons (Fsp3) is 0.609. The van der Waals surface area contributed by atoms with Crippen molar-refractivity contribution in [3.05, 3.63) is 41.5 Å². The number of hydrogen-bond donors (Lipinski definition) is 1. The highest BCUT2D eigenvalue weighted by Gasteiger charge is 2.61. The molecule has 1 N–H and O–H groups in total. The Hall–Kier alpha value is -1.66. The lowest BCUT2D eigenvalue weighted by Crippen LogP contribution is -2.44. The molecule has 5 nitrogen and oxygen atoms in total. The van der Waals surface area contributed by atoms with Crippen molar-refractivity contribution < 1.29 is 13.2 Å². The molecule has 1 aromatic carbocycles. The molecule has 0 radical (unpaired) electrons. The number of allylic oxidation sites excluding steroid dienone is 2. The van der Waals surface area contributed by atoms with E-state index in [0.717, 1.165) is 24.9 Å². The van der Waals surface area contributed by atoms with Gasteiger partial charge in [0, 0.05) is 19.6 Å². The van der Waals surface area contributed by atoms with Crippen molar-refractivity contribution in [2.24, 2.45) is 23.2 Å². The molecule has 1 aliphatic heterocycles. The zero-order valence-corrected chi connectivity index (χ0v) is 19.1. The molecular formula is C23H34N2O3S. The molecule has 0 aromatic heterocycles. The highest BCUT2D eigenvalue weighted by Crippen LogP contribution is 2.60. The van der Waals surface area contributed by atoms with Gasteiger partial charge in [-0.15, -0.1) is 0 Å². The van der Waals surface area contributed by atoms with Gasteiger partial charge in [0.15, 0.2) is 0 Å². The molecule has 1 heterocycles. The number of benzene rings is 1. The monoisotopic (exact) mass is 418 g/mol. The summed E-state index contributed by atoms with van der Waals surface area (Å²) >= 11 is 0. The standard InChI is InChI=1S/C23H34N2O3S/c1-16(2)13-20-21(23(20,4)5)22(26)25-12-6-7-18(15-25)14-24-29(27,28)19-10-8-17(3)9-11-19/h8-11,13,18,20-21,24H,6-7,12,14-15H2,1-5H3. The summed E-state index contributed by atoms with van der Waals surface area (Å²) in [6.07, 6.45) is 4.08. The maximum atomic E-state index is 13.1. The minimum Gasteiger partial charge on any atom is -0.342 e. The SMILES string of the molecule is CC(C)=CC1C(C(=O)N2CCCC(CNS(=O)(=O)c3ccc(C)cc3)C2)C1(C)C. The van der Waals surface area contributed by atoms with Crippen LogP contribution in [0.2, 0.25) is 0 Å². The van der Waals surface area contributed by atoms with E-state index in [1.165, 1.54) is 5.57 Å². The minimum absolute atomic E-state index is 0.00826. The summed E-state index contributed by atoms with van der Waals surface area (Å²) in [5.74, 6) is 0.723. The molecular weight excluding hydrogens is 384 g/mol. The second-order valence-corrected chi connectivity index (χ2v) is 11.3. The Kier molecular flexibility index (Phi) is 6.25. The number of sulfonamides is 1. The number of piperidine rings is 1. The fourth-order valence-electron chi connectivity index (χ4n) is 4.48. The van der Waals surface area contributed by atoms with Crippen LogP contribution in [-0.2, 0) is 14.8 Å². The van der Waals surface area contributed by atoms with Crippen LogP contribution in [0.1, 0.15) is 46.1 Å². The summed E-state index contributed by atoms with van der Waals surface area (Å²) < 4.78 is 27.8. The van der Waals surface area contributed by atoms with Gasteiger partial charge >= 0.3 is 0 Å². The Morgan fingerprint density at radius 1 is 1.24 bits per heavy atom. The molecule has 1 saturated carbocycles. The summed E-state index contributed by atoms with van der Waals surface area (Å²) in [5, 5.41) is 0. The summed E-state index contributed by atoms with van der Waals surface area (Å²) in [7, 11) is -3.52. The van der Waals surface area contributed by atoms with Gasteiger partial charge in [-0.25, -0.2) is 13.1 Å². The van der Waals surface area contributed by atoms with Gasteiger partial charge in [-0.2, -0.15) is 0 Å². The number of carbonyl (C=O) groups excluding carboxylic acids is 1. The molecule has 1 aromatic rings. The normalized spacial score (nSPS) is 26.1. The summed E-state index contributed by atoms with van der Waals surface area (Å²) in [6.45, 7) is 12.2. The number of carbonyl (C=O) groups is 1. The van der Waals surface area contributed by atoms with Crippen LogP contribution in [0.15, 0.2) is 40.8 Å².